The minimum Gasteiger partial charge on any atom is -0.378 e. The van der Waals surface area contributed by atoms with E-state index in [0.29, 0.717) is 19.7 Å². The maximum Gasteiger partial charge on any atom is 0.242 e. The first-order chi connectivity index (χ1) is 14.7. The molecule has 1 aromatic carbocycles. The quantitative estimate of drug-likeness (QED) is 0.689. The van der Waals surface area contributed by atoms with Crippen LogP contribution in [0.5, 0.6) is 0 Å². The molecule has 1 unspecified atom stereocenters. The molecule has 31 heavy (non-hydrogen) atoms. The Bertz CT molecular complexity index is 973. The SMILES string of the molecule is CCN1C(=O)C(C)(C)C(=O)N(C)c2cc(CNC(C)c3cccnc3COC)ccc21. The summed E-state index contributed by atoms with van der Waals surface area (Å²) in [5.41, 5.74) is 3.45. The van der Waals surface area contributed by atoms with E-state index in [9.17, 15) is 9.59 Å². The van der Waals surface area contributed by atoms with Crippen molar-refractivity contribution in [2.75, 3.05) is 30.5 Å². The molecule has 7 nitrogen and oxygen atoms in total. The molecule has 1 atom stereocenters. The first-order valence-electron chi connectivity index (χ1n) is 10.6. The smallest absolute Gasteiger partial charge is 0.242 e. The van der Waals surface area contributed by atoms with Crippen molar-refractivity contribution < 1.29 is 14.3 Å². The Morgan fingerprint density at radius 3 is 2.58 bits per heavy atom. The molecule has 0 aliphatic carbocycles. The van der Waals surface area contributed by atoms with Crippen LogP contribution in [0.3, 0.4) is 0 Å². The van der Waals surface area contributed by atoms with Gasteiger partial charge in [0.05, 0.1) is 23.7 Å². The number of benzene rings is 1. The highest BCUT2D eigenvalue weighted by atomic mass is 16.5. The topological polar surface area (TPSA) is 74.8 Å². The van der Waals surface area contributed by atoms with Gasteiger partial charge in [0, 0.05) is 39.5 Å². The lowest BCUT2D eigenvalue weighted by Crippen LogP contribution is -2.47. The second-order valence-electron chi connectivity index (χ2n) is 8.44. The third-order valence-electron chi connectivity index (χ3n) is 5.91. The van der Waals surface area contributed by atoms with Crippen molar-refractivity contribution >= 4 is 23.2 Å². The van der Waals surface area contributed by atoms with Crippen molar-refractivity contribution in [2.24, 2.45) is 5.41 Å². The third kappa shape index (κ3) is 4.34. The Hall–Kier alpha value is -2.77. The minimum absolute atomic E-state index is 0.0738. The fourth-order valence-corrected chi connectivity index (χ4v) is 4.04. The Morgan fingerprint density at radius 2 is 1.90 bits per heavy atom. The summed E-state index contributed by atoms with van der Waals surface area (Å²) in [5.74, 6) is -0.375. The molecule has 2 heterocycles. The Morgan fingerprint density at radius 1 is 1.16 bits per heavy atom. The zero-order valence-electron chi connectivity index (χ0n) is 19.2. The van der Waals surface area contributed by atoms with Gasteiger partial charge in [-0.1, -0.05) is 12.1 Å². The van der Waals surface area contributed by atoms with E-state index < -0.39 is 5.41 Å². The molecule has 0 bridgehead atoms. The molecule has 3 rings (SSSR count). The van der Waals surface area contributed by atoms with Crippen LogP contribution in [0.4, 0.5) is 11.4 Å². The van der Waals surface area contributed by atoms with Gasteiger partial charge >= 0.3 is 0 Å². The van der Waals surface area contributed by atoms with Crippen molar-refractivity contribution in [1.82, 2.24) is 10.3 Å². The molecule has 0 radical (unpaired) electrons. The number of amides is 2. The molecule has 1 aliphatic rings. The van der Waals surface area contributed by atoms with Gasteiger partial charge in [0.15, 0.2) is 0 Å². The summed E-state index contributed by atoms with van der Waals surface area (Å²) in [6, 6.07) is 9.98. The van der Waals surface area contributed by atoms with Crippen molar-refractivity contribution in [3.05, 3.63) is 53.3 Å². The van der Waals surface area contributed by atoms with Crippen LogP contribution in [-0.4, -0.2) is 37.5 Å². The zero-order valence-corrected chi connectivity index (χ0v) is 19.2. The molecule has 2 aromatic rings. The highest BCUT2D eigenvalue weighted by Gasteiger charge is 2.45. The molecule has 1 aliphatic heterocycles. The van der Waals surface area contributed by atoms with Gasteiger partial charge in [0.1, 0.15) is 5.41 Å². The monoisotopic (exact) mass is 424 g/mol. The summed E-state index contributed by atoms with van der Waals surface area (Å²) >= 11 is 0. The maximum absolute atomic E-state index is 13.0. The second kappa shape index (κ2) is 9.16. The summed E-state index contributed by atoms with van der Waals surface area (Å²) < 4.78 is 5.26. The Kier molecular flexibility index (Phi) is 6.77. The summed E-state index contributed by atoms with van der Waals surface area (Å²) in [7, 11) is 3.40. The number of rotatable bonds is 7. The maximum atomic E-state index is 13.0. The predicted octanol–water partition coefficient (Wildman–Crippen LogP) is 3.43. The number of aromatic nitrogens is 1. The summed E-state index contributed by atoms with van der Waals surface area (Å²) in [4.78, 5) is 33.7. The van der Waals surface area contributed by atoms with Crippen molar-refractivity contribution in [3.63, 3.8) is 0 Å². The van der Waals surface area contributed by atoms with Crippen LogP contribution in [0.2, 0.25) is 0 Å². The van der Waals surface area contributed by atoms with E-state index in [2.05, 4.69) is 23.3 Å². The van der Waals surface area contributed by atoms with E-state index in [1.165, 1.54) is 0 Å². The molecule has 7 heteroatoms. The van der Waals surface area contributed by atoms with Gasteiger partial charge in [-0.05, 0) is 57.0 Å². The minimum atomic E-state index is -1.10. The Labute approximate surface area is 184 Å². The third-order valence-corrected chi connectivity index (χ3v) is 5.91. The van der Waals surface area contributed by atoms with E-state index >= 15 is 0 Å². The van der Waals surface area contributed by atoms with Gasteiger partial charge in [-0.15, -0.1) is 0 Å². The van der Waals surface area contributed by atoms with Gasteiger partial charge in [-0.25, -0.2) is 0 Å². The van der Waals surface area contributed by atoms with Gasteiger partial charge in [0.25, 0.3) is 0 Å². The van der Waals surface area contributed by atoms with E-state index in [-0.39, 0.29) is 17.9 Å². The Balaban J connectivity index is 1.86. The average Bonchev–Trinajstić information content (AvgIpc) is 2.82. The number of fused-ring (bicyclic) bond motifs is 1. The number of pyridine rings is 1. The number of nitrogens with one attached hydrogen (secondary N) is 1. The average molecular weight is 425 g/mol. The van der Waals surface area contributed by atoms with E-state index in [1.807, 2.05) is 31.2 Å². The van der Waals surface area contributed by atoms with E-state index in [4.69, 9.17) is 4.74 Å². The van der Waals surface area contributed by atoms with Crippen molar-refractivity contribution in [1.29, 1.82) is 0 Å². The summed E-state index contributed by atoms with van der Waals surface area (Å²) in [5, 5.41) is 3.53. The lowest BCUT2D eigenvalue weighted by Gasteiger charge is -2.27. The highest BCUT2D eigenvalue weighted by Crippen LogP contribution is 2.38. The molecular weight excluding hydrogens is 392 g/mol. The van der Waals surface area contributed by atoms with Gasteiger partial charge in [-0.2, -0.15) is 0 Å². The summed E-state index contributed by atoms with van der Waals surface area (Å²) in [6.07, 6.45) is 1.77. The van der Waals surface area contributed by atoms with E-state index in [1.54, 1.807) is 44.0 Å². The van der Waals surface area contributed by atoms with Crippen LogP contribution in [0.1, 0.15) is 50.6 Å². The van der Waals surface area contributed by atoms with Crippen molar-refractivity contribution in [3.8, 4) is 0 Å². The number of nitrogens with zero attached hydrogens (tertiary/aromatic N) is 3. The number of carbonyl (C=O) groups excluding carboxylic acids is 2. The fourth-order valence-electron chi connectivity index (χ4n) is 4.04. The lowest BCUT2D eigenvalue weighted by molar-refractivity contribution is -0.137. The van der Waals surface area contributed by atoms with E-state index in [0.717, 1.165) is 28.2 Å². The zero-order chi connectivity index (χ0) is 22.8. The largest absolute Gasteiger partial charge is 0.378 e. The molecule has 0 spiro atoms. The number of hydrogen-bond donors (Lipinski definition) is 1. The first-order valence-corrected chi connectivity index (χ1v) is 10.6. The number of methoxy groups -OCH3 is 1. The highest BCUT2D eigenvalue weighted by molar-refractivity contribution is 6.19. The van der Waals surface area contributed by atoms with Crippen LogP contribution in [0.15, 0.2) is 36.5 Å². The fraction of sp³-hybridized carbons (Fsp3) is 0.458. The molecule has 0 saturated heterocycles. The predicted molar refractivity (Wildman–Crippen MR) is 122 cm³/mol. The van der Waals surface area contributed by atoms with Crippen LogP contribution in [0, 0.1) is 5.41 Å². The second-order valence-corrected chi connectivity index (χ2v) is 8.44. The number of hydrogen-bond acceptors (Lipinski definition) is 5. The molecule has 166 valence electrons. The van der Waals surface area contributed by atoms with Gasteiger partial charge in [-0.3, -0.25) is 14.6 Å². The number of ether oxygens (including phenoxy) is 1. The van der Waals surface area contributed by atoms with Crippen LogP contribution in [0.25, 0.3) is 0 Å². The lowest BCUT2D eigenvalue weighted by atomic mass is 9.90. The molecular formula is C24H32N4O3. The van der Waals surface area contributed by atoms with Gasteiger partial charge < -0.3 is 19.9 Å². The van der Waals surface area contributed by atoms with Crippen LogP contribution < -0.4 is 15.1 Å². The molecule has 2 amide bonds. The molecule has 0 fully saturated rings. The van der Waals surface area contributed by atoms with Crippen LogP contribution >= 0.6 is 0 Å². The number of carbonyl (C=O) groups is 2. The van der Waals surface area contributed by atoms with Crippen LogP contribution in [-0.2, 0) is 27.5 Å². The number of anilines is 2. The first kappa shape index (κ1) is 22.9. The standard InChI is InChI=1S/C24H32N4O3/c1-7-28-20-11-10-17(13-21(20)27(5)22(29)24(3,4)23(28)30)14-26-16(2)18-9-8-12-25-19(18)15-31-6/h8-13,16,26H,7,14-15H2,1-6H3. The van der Waals surface area contributed by atoms with Crippen molar-refractivity contribution in [2.45, 2.75) is 46.9 Å². The van der Waals surface area contributed by atoms with Gasteiger partial charge in [0.2, 0.25) is 11.8 Å². The molecule has 1 aromatic heterocycles. The summed E-state index contributed by atoms with van der Waals surface area (Å²) in [6.45, 7) is 8.99. The normalized spacial score (nSPS) is 16.8. The molecule has 0 saturated carbocycles. The molecule has 1 N–H and O–H groups in total.